The monoisotopic (exact) mass is 635 g/mol. The maximum Gasteiger partial charge on any atom is 0.509 e. The first kappa shape index (κ1) is 28.4. The van der Waals surface area contributed by atoms with Crippen LogP contribution in [0.4, 0.5) is 15.0 Å². The molecule has 0 amide bonds. The SMILES string of the molecule is O=C1OC/C=C\c2c(Cl)cc3[nH]ncc3c2-c2ncc3c(nc(OCC45CCCN4CCC5)nc3c2F)N2CCOCC(C2)O1. The van der Waals surface area contributed by atoms with Crippen molar-refractivity contribution in [2.75, 3.05) is 57.5 Å². The summed E-state index contributed by atoms with van der Waals surface area (Å²) in [6.07, 6.45) is 9.28. The lowest BCUT2D eigenvalue weighted by atomic mass is 9.95. The van der Waals surface area contributed by atoms with Crippen LogP contribution in [0.3, 0.4) is 0 Å². The van der Waals surface area contributed by atoms with Crippen molar-refractivity contribution in [2.45, 2.75) is 37.3 Å². The maximum atomic E-state index is 16.9. The van der Waals surface area contributed by atoms with E-state index >= 15 is 4.39 Å². The van der Waals surface area contributed by atoms with E-state index in [0.29, 0.717) is 58.0 Å². The summed E-state index contributed by atoms with van der Waals surface area (Å²) in [5.41, 5.74) is 1.58. The molecule has 5 aliphatic rings. The quantitative estimate of drug-likeness (QED) is 0.313. The highest BCUT2D eigenvalue weighted by Crippen LogP contribution is 2.41. The van der Waals surface area contributed by atoms with E-state index in [1.54, 1.807) is 30.6 Å². The van der Waals surface area contributed by atoms with E-state index in [1.807, 2.05) is 4.90 Å². The fraction of sp³-hybridized carbons (Fsp3) is 0.452. The fourth-order valence-corrected chi connectivity index (χ4v) is 7.42. The smallest absolute Gasteiger partial charge is 0.461 e. The molecule has 234 valence electrons. The molecule has 14 heteroatoms. The Morgan fingerprint density at radius 1 is 1.16 bits per heavy atom. The van der Waals surface area contributed by atoms with Gasteiger partial charge in [0, 0.05) is 29.3 Å². The standard InChI is InChI=1S/C31H31ClFN7O5/c32-22-12-23-20(14-35-38-23)24-19(22)4-1-10-43-30(41)45-18-15-39(9-11-42-16-18)28-21-13-34-27(24)25(33)26(21)36-29(37-28)44-17-31-5-2-7-40(31)8-3-6-31/h1,4,12-14,18H,2-3,5-11,15-17H2,(H,35,38)/b4-1-. The number of H-pyrrole nitrogens is 1. The molecular formula is C31H31ClFN7O5. The van der Waals surface area contributed by atoms with Gasteiger partial charge in [0.2, 0.25) is 0 Å². The van der Waals surface area contributed by atoms with E-state index in [4.69, 9.17) is 35.5 Å². The van der Waals surface area contributed by atoms with Gasteiger partial charge in [0.1, 0.15) is 36.3 Å². The summed E-state index contributed by atoms with van der Waals surface area (Å²) >= 11 is 6.71. The molecule has 6 bridgehead atoms. The van der Waals surface area contributed by atoms with E-state index in [1.165, 1.54) is 0 Å². The van der Waals surface area contributed by atoms with Crippen LogP contribution in [0.5, 0.6) is 6.01 Å². The number of hydrogen-bond donors (Lipinski definition) is 1. The molecule has 0 saturated carbocycles. The Labute approximate surface area is 262 Å². The van der Waals surface area contributed by atoms with Crippen LogP contribution in [0.25, 0.3) is 39.1 Å². The number of carbonyl (C=O) groups is 1. The second kappa shape index (κ2) is 11.4. The third-order valence-electron chi connectivity index (χ3n) is 9.27. The molecule has 3 saturated heterocycles. The van der Waals surface area contributed by atoms with Crippen LogP contribution >= 0.6 is 11.6 Å². The summed E-state index contributed by atoms with van der Waals surface area (Å²) < 4.78 is 40.0. The van der Waals surface area contributed by atoms with Crippen LogP contribution in [0.15, 0.2) is 24.5 Å². The number of nitrogens with zero attached hydrogens (tertiary/aromatic N) is 6. The number of rotatable bonds is 3. The van der Waals surface area contributed by atoms with E-state index in [9.17, 15) is 4.79 Å². The third kappa shape index (κ3) is 5.02. The van der Waals surface area contributed by atoms with E-state index in [2.05, 4.69) is 25.1 Å². The van der Waals surface area contributed by atoms with Crippen LogP contribution in [0, 0.1) is 5.82 Å². The first-order chi connectivity index (χ1) is 22.0. The summed E-state index contributed by atoms with van der Waals surface area (Å²) in [5.74, 6) is -0.223. The van der Waals surface area contributed by atoms with Crippen molar-refractivity contribution < 1.29 is 28.1 Å². The number of pyridine rings is 1. The van der Waals surface area contributed by atoms with Crippen molar-refractivity contribution in [3.8, 4) is 17.3 Å². The minimum atomic E-state index is -0.830. The normalized spacial score (nSPS) is 22.3. The highest BCUT2D eigenvalue weighted by molar-refractivity contribution is 6.33. The second-order valence-corrected chi connectivity index (χ2v) is 12.3. The number of ether oxygens (including phenoxy) is 4. The molecule has 45 heavy (non-hydrogen) atoms. The number of aromatic nitrogens is 5. The number of carbonyl (C=O) groups excluding carboxylic acids is 1. The molecule has 1 unspecified atom stereocenters. The van der Waals surface area contributed by atoms with Crippen LogP contribution in [0.2, 0.25) is 5.02 Å². The molecular weight excluding hydrogens is 605 g/mol. The summed E-state index contributed by atoms with van der Waals surface area (Å²) in [7, 11) is 0. The Balaban J connectivity index is 1.32. The van der Waals surface area contributed by atoms with Crippen LogP contribution in [-0.4, -0.2) is 100 Å². The molecule has 3 fully saturated rings. The van der Waals surface area contributed by atoms with Crippen LogP contribution < -0.4 is 9.64 Å². The summed E-state index contributed by atoms with van der Waals surface area (Å²) in [5, 5.41) is 8.41. The Morgan fingerprint density at radius 3 is 2.89 bits per heavy atom. The zero-order chi connectivity index (χ0) is 30.5. The van der Waals surface area contributed by atoms with E-state index < -0.39 is 18.1 Å². The van der Waals surface area contributed by atoms with Crippen molar-refractivity contribution in [1.82, 2.24) is 30.0 Å². The number of nitrogens with one attached hydrogen (secondary N) is 1. The molecule has 0 radical (unpaired) electrons. The number of fused-ring (bicyclic) bond motifs is 7. The molecule has 4 aromatic rings. The maximum absolute atomic E-state index is 16.9. The predicted octanol–water partition coefficient (Wildman–Crippen LogP) is 4.75. The molecule has 9 rings (SSSR count). The first-order valence-electron chi connectivity index (χ1n) is 15.2. The van der Waals surface area contributed by atoms with Crippen molar-refractivity contribution >= 4 is 51.5 Å². The minimum Gasteiger partial charge on any atom is -0.461 e. The van der Waals surface area contributed by atoms with Gasteiger partial charge in [0.15, 0.2) is 5.82 Å². The van der Waals surface area contributed by atoms with Gasteiger partial charge in [-0.1, -0.05) is 17.7 Å². The molecule has 1 atom stereocenters. The molecule has 0 aliphatic carbocycles. The Kier molecular flexibility index (Phi) is 7.18. The van der Waals surface area contributed by atoms with Crippen LogP contribution in [-0.2, 0) is 14.2 Å². The topological polar surface area (TPSA) is 128 Å². The Hall–Kier alpha value is -4.07. The van der Waals surface area contributed by atoms with Gasteiger partial charge < -0.3 is 23.8 Å². The predicted molar refractivity (Wildman–Crippen MR) is 164 cm³/mol. The molecule has 1 aromatic carbocycles. The number of hydrogen-bond acceptors (Lipinski definition) is 11. The third-order valence-corrected chi connectivity index (χ3v) is 9.59. The molecule has 0 spiro atoms. The molecule has 8 heterocycles. The molecule has 12 nitrogen and oxygen atoms in total. The van der Waals surface area contributed by atoms with Crippen molar-refractivity contribution in [2.24, 2.45) is 0 Å². The number of halogens is 2. The van der Waals surface area contributed by atoms with Gasteiger partial charge in [-0.05, 0) is 50.9 Å². The largest absolute Gasteiger partial charge is 0.509 e. The van der Waals surface area contributed by atoms with Gasteiger partial charge in [0.25, 0.3) is 0 Å². The van der Waals surface area contributed by atoms with E-state index in [0.717, 1.165) is 38.8 Å². The van der Waals surface area contributed by atoms with Gasteiger partial charge >= 0.3 is 12.2 Å². The Morgan fingerprint density at radius 2 is 2.02 bits per heavy atom. The molecule has 5 aliphatic heterocycles. The van der Waals surface area contributed by atoms with Gasteiger partial charge in [0.05, 0.1) is 47.4 Å². The zero-order valence-corrected chi connectivity index (χ0v) is 25.2. The molecule has 3 aromatic heterocycles. The Bertz CT molecular complexity index is 1820. The summed E-state index contributed by atoms with van der Waals surface area (Å²) in [6, 6.07) is 1.78. The van der Waals surface area contributed by atoms with Gasteiger partial charge in [-0.2, -0.15) is 15.1 Å². The number of benzene rings is 1. The second-order valence-electron chi connectivity index (χ2n) is 11.9. The summed E-state index contributed by atoms with van der Waals surface area (Å²) in [6.45, 7) is 3.59. The lowest BCUT2D eigenvalue weighted by molar-refractivity contribution is -0.000281. The summed E-state index contributed by atoms with van der Waals surface area (Å²) in [4.78, 5) is 31.1. The van der Waals surface area contributed by atoms with Gasteiger partial charge in [-0.3, -0.25) is 15.0 Å². The lowest BCUT2D eigenvalue weighted by Gasteiger charge is -2.31. The van der Waals surface area contributed by atoms with Gasteiger partial charge in [-0.25, -0.2) is 9.18 Å². The highest BCUT2D eigenvalue weighted by atomic mass is 35.5. The van der Waals surface area contributed by atoms with E-state index in [-0.39, 0.29) is 42.5 Å². The minimum absolute atomic E-state index is 0.0486. The average molecular weight is 636 g/mol. The zero-order valence-electron chi connectivity index (χ0n) is 24.4. The fourth-order valence-electron chi connectivity index (χ4n) is 7.15. The lowest BCUT2D eigenvalue weighted by Crippen LogP contribution is -2.43. The first-order valence-corrected chi connectivity index (χ1v) is 15.6. The van der Waals surface area contributed by atoms with Crippen molar-refractivity contribution in [3.63, 3.8) is 0 Å². The van der Waals surface area contributed by atoms with Gasteiger partial charge in [-0.15, -0.1) is 0 Å². The number of anilines is 1. The average Bonchev–Trinajstić information content (AvgIpc) is 3.71. The number of aromatic amines is 1. The molecule has 1 N–H and O–H groups in total. The highest BCUT2D eigenvalue weighted by Gasteiger charge is 2.45. The van der Waals surface area contributed by atoms with Crippen molar-refractivity contribution in [1.29, 1.82) is 0 Å². The van der Waals surface area contributed by atoms with Crippen LogP contribution in [0.1, 0.15) is 31.2 Å². The van der Waals surface area contributed by atoms with Crippen molar-refractivity contribution in [3.05, 3.63) is 40.9 Å².